The Morgan fingerprint density at radius 1 is 1.24 bits per heavy atom. The van der Waals surface area contributed by atoms with Crippen LogP contribution in [0.5, 0.6) is 0 Å². The van der Waals surface area contributed by atoms with Gasteiger partial charge in [0, 0.05) is 24.2 Å². The number of imidazole rings is 1. The lowest BCUT2D eigenvalue weighted by molar-refractivity contribution is -0.139. The standard InChI is InChI=1S/C19H24N2O4/c1-13-14(2)21(19(20-13)15-7-4-3-5-8-15)10-6-9-16(22)11-17(23)12-18(24)25/h3-9,16-17,22-23H,10-12H2,1-2H3,(H,24,25). The fraction of sp³-hybridized carbons (Fsp3) is 0.368. The van der Waals surface area contributed by atoms with Gasteiger partial charge in [0.05, 0.1) is 24.3 Å². The number of carboxylic acids is 1. The van der Waals surface area contributed by atoms with Crippen LogP contribution in [0.25, 0.3) is 11.4 Å². The van der Waals surface area contributed by atoms with Crippen molar-refractivity contribution in [2.24, 2.45) is 0 Å². The minimum Gasteiger partial charge on any atom is -0.481 e. The number of carbonyl (C=O) groups is 1. The summed E-state index contributed by atoms with van der Waals surface area (Å²) >= 11 is 0. The first kappa shape index (κ1) is 18.9. The van der Waals surface area contributed by atoms with Crippen LogP contribution in [-0.4, -0.2) is 43.0 Å². The van der Waals surface area contributed by atoms with Gasteiger partial charge in [-0.3, -0.25) is 4.79 Å². The topological polar surface area (TPSA) is 95.6 Å². The maximum absolute atomic E-state index is 10.5. The van der Waals surface area contributed by atoms with E-state index in [0.29, 0.717) is 6.54 Å². The molecule has 134 valence electrons. The number of hydrogen-bond donors (Lipinski definition) is 3. The lowest BCUT2D eigenvalue weighted by atomic mass is 10.1. The Morgan fingerprint density at radius 2 is 1.92 bits per heavy atom. The van der Waals surface area contributed by atoms with E-state index in [9.17, 15) is 15.0 Å². The molecule has 0 saturated heterocycles. The van der Waals surface area contributed by atoms with Gasteiger partial charge in [-0.2, -0.15) is 0 Å². The van der Waals surface area contributed by atoms with Crippen molar-refractivity contribution >= 4 is 5.97 Å². The molecule has 0 spiro atoms. The zero-order valence-electron chi connectivity index (χ0n) is 14.5. The van der Waals surface area contributed by atoms with Crippen molar-refractivity contribution in [2.45, 2.75) is 45.4 Å². The summed E-state index contributed by atoms with van der Waals surface area (Å²) in [5.41, 5.74) is 3.01. The summed E-state index contributed by atoms with van der Waals surface area (Å²) in [7, 11) is 0. The van der Waals surface area contributed by atoms with Crippen LogP contribution in [-0.2, 0) is 11.3 Å². The summed E-state index contributed by atoms with van der Waals surface area (Å²) in [4.78, 5) is 15.2. The van der Waals surface area contributed by atoms with E-state index >= 15 is 0 Å². The van der Waals surface area contributed by atoms with Gasteiger partial charge in [0.15, 0.2) is 0 Å². The average Bonchev–Trinajstić information content (AvgIpc) is 2.83. The zero-order chi connectivity index (χ0) is 18.4. The van der Waals surface area contributed by atoms with E-state index in [4.69, 9.17) is 5.11 Å². The van der Waals surface area contributed by atoms with E-state index in [1.807, 2.05) is 44.2 Å². The van der Waals surface area contributed by atoms with Gasteiger partial charge in [0.2, 0.25) is 0 Å². The van der Waals surface area contributed by atoms with Crippen LogP contribution in [0.1, 0.15) is 24.2 Å². The van der Waals surface area contributed by atoms with Gasteiger partial charge in [-0.1, -0.05) is 42.5 Å². The molecule has 0 bridgehead atoms. The van der Waals surface area contributed by atoms with Crippen molar-refractivity contribution in [3.05, 3.63) is 53.9 Å². The molecule has 0 aliphatic rings. The van der Waals surface area contributed by atoms with E-state index < -0.39 is 18.2 Å². The molecule has 0 amide bonds. The molecule has 0 aliphatic heterocycles. The third kappa shape index (κ3) is 5.27. The first-order chi connectivity index (χ1) is 11.9. The molecular formula is C19H24N2O4. The first-order valence-corrected chi connectivity index (χ1v) is 8.22. The second kappa shape index (κ2) is 8.60. The second-order valence-corrected chi connectivity index (χ2v) is 6.07. The highest BCUT2D eigenvalue weighted by molar-refractivity contribution is 5.67. The number of nitrogens with zero attached hydrogens (tertiary/aromatic N) is 2. The number of aryl methyl sites for hydroxylation is 1. The van der Waals surface area contributed by atoms with E-state index in [1.165, 1.54) is 0 Å². The molecule has 2 atom stereocenters. The third-order valence-corrected chi connectivity index (χ3v) is 4.06. The lowest BCUT2D eigenvalue weighted by Gasteiger charge is -2.11. The Hall–Kier alpha value is -2.44. The molecule has 0 aliphatic carbocycles. The quantitative estimate of drug-likeness (QED) is 0.639. The number of allylic oxidation sites excluding steroid dienone is 1. The van der Waals surface area contributed by atoms with Crippen molar-refractivity contribution < 1.29 is 20.1 Å². The Bertz CT molecular complexity index is 737. The first-order valence-electron chi connectivity index (χ1n) is 8.22. The van der Waals surface area contributed by atoms with Gasteiger partial charge in [0.1, 0.15) is 5.82 Å². The largest absolute Gasteiger partial charge is 0.481 e. The number of carboxylic acid groups (broad SMARTS) is 1. The summed E-state index contributed by atoms with van der Waals surface area (Å²) in [6, 6.07) is 9.87. The molecule has 1 heterocycles. The van der Waals surface area contributed by atoms with Gasteiger partial charge in [-0.25, -0.2) is 4.98 Å². The number of aliphatic carboxylic acids is 1. The maximum atomic E-state index is 10.5. The molecule has 25 heavy (non-hydrogen) atoms. The number of rotatable bonds is 8. The Kier molecular flexibility index (Phi) is 6.50. The molecule has 2 unspecified atom stereocenters. The normalized spacial score (nSPS) is 13.9. The van der Waals surface area contributed by atoms with Gasteiger partial charge in [-0.15, -0.1) is 0 Å². The third-order valence-electron chi connectivity index (χ3n) is 4.06. The zero-order valence-corrected chi connectivity index (χ0v) is 14.5. The van der Waals surface area contributed by atoms with Crippen molar-refractivity contribution in [3.63, 3.8) is 0 Å². The summed E-state index contributed by atoms with van der Waals surface area (Å²) in [5.74, 6) is -0.221. The predicted molar refractivity (Wildman–Crippen MR) is 95.2 cm³/mol. The number of aliphatic hydroxyl groups excluding tert-OH is 2. The van der Waals surface area contributed by atoms with Gasteiger partial charge >= 0.3 is 5.97 Å². The second-order valence-electron chi connectivity index (χ2n) is 6.07. The van der Waals surface area contributed by atoms with Gasteiger partial charge in [-0.05, 0) is 13.8 Å². The average molecular weight is 344 g/mol. The molecular weight excluding hydrogens is 320 g/mol. The number of aliphatic hydroxyl groups is 2. The molecule has 0 fully saturated rings. The van der Waals surface area contributed by atoms with E-state index in [1.54, 1.807) is 12.2 Å². The SMILES string of the molecule is Cc1nc(-c2ccccc2)n(CC=CC(O)CC(O)CC(=O)O)c1C. The van der Waals surface area contributed by atoms with Crippen LogP contribution in [0.4, 0.5) is 0 Å². The van der Waals surface area contributed by atoms with Crippen LogP contribution in [0.15, 0.2) is 42.5 Å². The van der Waals surface area contributed by atoms with Crippen molar-refractivity contribution in [1.29, 1.82) is 0 Å². The highest BCUT2D eigenvalue weighted by Crippen LogP contribution is 2.22. The molecule has 1 aromatic heterocycles. The van der Waals surface area contributed by atoms with Crippen LogP contribution >= 0.6 is 0 Å². The predicted octanol–water partition coefficient (Wildman–Crippen LogP) is 2.31. The summed E-state index contributed by atoms with van der Waals surface area (Å²) in [5, 5.41) is 28.1. The van der Waals surface area contributed by atoms with E-state index in [2.05, 4.69) is 9.55 Å². The summed E-state index contributed by atoms with van der Waals surface area (Å²) in [6.45, 7) is 4.48. The van der Waals surface area contributed by atoms with Gasteiger partial charge < -0.3 is 19.9 Å². The molecule has 2 rings (SSSR count). The molecule has 6 heteroatoms. The minimum atomic E-state index is -1.08. The number of hydrogen-bond acceptors (Lipinski definition) is 4. The highest BCUT2D eigenvalue weighted by Gasteiger charge is 2.14. The van der Waals surface area contributed by atoms with Crippen molar-refractivity contribution in [3.8, 4) is 11.4 Å². The monoisotopic (exact) mass is 344 g/mol. The van der Waals surface area contributed by atoms with Crippen LogP contribution in [0, 0.1) is 13.8 Å². The number of aromatic nitrogens is 2. The van der Waals surface area contributed by atoms with Crippen LogP contribution < -0.4 is 0 Å². The molecule has 1 aromatic carbocycles. The Balaban J connectivity index is 2.06. The molecule has 0 saturated carbocycles. The Morgan fingerprint density at radius 3 is 2.56 bits per heavy atom. The fourth-order valence-corrected chi connectivity index (χ4v) is 2.65. The lowest BCUT2D eigenvalue weighted by Crippen LogP contribution is -2.19. The fourth-order valence-electron chi connectivity index (χ4n) is 2.65. The Labute approximate surface area is 147 Å². The smallest absolute Gasteiger partial charge is 0.305 e. The molecule has 3 N–H and O–H groups in total. The maximum Gasteiger partial charge on any atom is 0.305 e. The van der Waals surface area contributed by atoms with E-state index in [0.717, 1.165) is 22.8 Å². The minimum absolute atomic E-state index is 0.00369. The van der Waals surface area contributed by atoms with Crippen LogP contribution in [0.3, 0.4) is 0 Å². The molecule has 2 aromatic rings. The van der Waals surface area contributed by atoms with Gasteiger partial charge in [0.25, 0.3) is 0 Å². The number of benzene rings is 1. The van der Waals surface area contributed by atoms with E-state index in [-0.39, 0.29) is 12.8 Å². The highest BCUT2D eigenvalue weighted by atomic mass is 16.4. The van der Waals surface area contributed by atoms with Crippen LogP contribution in [0.2, 0.25) is 0 Å². The summed E-state index contributed by atoms with van der Waals surface area (Å²) < 4.78 is 2.06. The van der Waals surface area contributed by atoms with Crippen molar-refractivity contribution in [2.75, 3.05) is 0 Å². The molecule has 6 nitrogen and oxygen atoms in total. The summed E-state index contributed by atoms with van der Waals surface area (Å²) in [6.07, 6.45) is 1.06. The van der Waals surface area contributed by atoms with Crippen molar-refractivity contribution in [1.82, 2.24) is 9.55 Å². The molecule has 0 radical (unpaired) electrons.